The first kappa shape index (κ1) is 21.2. The van der Waals surface area contributed by atoms with Gasteiger partial charge in [-0.25, -0.2) is 17.5 Å². The number of rotatable bonds is 8. The van der Waals surface area contributed by atoms with Crippen LogP contribution in [0, 0.1) is 5.82 Å². The summed E-state index contributed by atoms with van der Waals surface area (Å²) in [5.41, 5.74) is 0.173. The molecule has 0 aliphatic heterocycles. The molecule has 1 heterocycles. The predicted octanol–water partition coefficient (Wildman–Crippen LogP) is 2.27. The van der Waals surface area contributed by atoms with E-state index in [1.54, 1.807) is 12.1 Å². The summed E-state index contributed by atoms with van der Waals surface area (Å²) in [6.07, 6.45) is 1.44. The van der Waals surface area contributed by atoms with Crippen molar-refractivity contribution in [3.8, 4) is 0 Å². The molecule has 0 radical (unpaired) electrons. The number of hydrogen-bond acceptors (Lipinski definition) is 5. The van der Waals surface area contributed by atoms with Crippen LogP contribution in [0.25, 0.3) is 0 Å². The highest BCUT2D eigenvalue weighted by molar-refractivity contribution is 7.89. The number of carbonyl (C=O) groups is 2. The van der Waals surface area contributed by atoms with Crippen molar-refractivity contribution in [3.63, 3.8) is 0 Å². The van der Waals surface area contributed by atoms with E-state index in [2.05, 4.69) is 15.4 Å². The van der Waals surface area contributed by atoms with Gasteiger partial charge >= 0.3 is 0 Å². The Bertz CT molecular complexity index is 1130. The molecule has 0 aliphatic carbocycles. The van der Waals surface area contributed by atoms with Gasteiger partial charge in [-0.15, -0.1) is 0 Å². The van der Waals surface area contributed by atoms with E-state index in [0.29, 0.717) is 11.4 Å². The second-order valence-electron chi connectivity index (χ2n) is 6.14. The van der Waals surface area contributed by atoms with Gasteiger partial charge in [-0.2, -0.15) is 0 Å². The highest BCUT2D eigenvalue weighted by Crippen LogP contribution is 2.14. The van der Waals surface area contributed by atoms with Gasteiger partial charge in [0.2, 0.25) is 15.9 Å². The Morgan fingerprint density at radius 2 is 1.70 bits per heavy atom. The average molecular weight is 431 g/mol. The third-order valence-corrected chi connectivity index (χ3v) is 5.41. The van der Waals surface area contributed by atoms with Gasteiger partial charge in [-0.05, 0) is 48.5 Å². The number of carbonyl (C=O) groups excluding carboxylic acids is 2. The molecule has 1 aromatic heterocycles. The summed E-state index contributed by atoms with van der Waals surface area (Å²) >= 11 is 0. The van der Waals surface area contributed by atoms with Crippen LogP contribution in [-0.4, -0.2) is 26.8 Å². The first-order chi connectivity index (χ1) is 14.3. The maximum absolute atomic E-state index is 13.6. The molecule has 10 heteroatoms. The van der Waals surface area contributed by atoms with E-state index in [0.717, 1.165) is 6.07 Å². The number of benzene rings is 2. The summed E-state index contributed by atoms with van der Waals surface area (Å²) in [6.45, 7) is -0.368. The first-order valence-electron chi connectivity index (χ1n) is 8.80. The standard InChI is InChI=1S/C20H18FN3O5S/c21-18-6-2-1-5-17(18)20(26)22-13-19(25)24-14-7-9-16(10-8-14)30(27,28)23-12-15-4-3-11-29-15/h1-11,23H,12-13H2,(H,22,26)(H,24,25). The van der Waals surface area contributed by atoms with Gasteiger partial charge < -0.3 is 15.1 Å². The third kappa shape index (κ3) is 5.52. The minimum absolute atomic E-state index is 0.00945. The van der Waals surface area contributed by atoms with Crippen LogP contribution >= 0.6 is 0 Å². The fourth-order valence-corrected chi connectivity index (χ4v) is 3.48. The Kier molecular flexibility index (Phi) is 6.60. The smallest absolute Gasteiger partial charge is 0.254 e. The van der Waals surface area contributed by atoms with Gasteiger partial charge in [0.25, 0.3) is 5.91 Å². The molecule has 0 atom stereocenters. The molecule has 8 nitrogen and oxygen atoms in total. The SMILES string of the molecule is O=C(CNC(=O)c1ccccc1F)Nc1ccc(S(=O)(=O)NCc2ccco2)cc1. The van der Waals surface area contributed by atoms with Crippen molar-refractivity contribution in [1.82, 2.24) is 10.0 Å². The zero-order chi connectivity index (χ0) is 21.6. The molecule has 0 saturated carbocycles. The van der Waals surface area contributed by atoms with Crippen molar-refractivity contribution >= 4 is 27.5 Å². The predicted molar refractivity (Wildman–Crippen MR) is 107 cm³/mol. The Hall–Kier alpha value is -3.50. The second kappa shape index (κ2) is 9.33. The Labute approximate surface area is 172 Å². The molecule has 156 valence electrons. The van der Waals surface area contributed by atoms with E-state index >= 15 is 0 Å². The highest BCUT2D eigenvalue weighted by Gasteiger charge is 2.15. The number of amides is 2. The number of nitrogens with one attached hydrogen (secondary N) is 3. The van der Waals surface area contributed by atoms with Crippen LogP contribution in [0.15, 0.2) is 76.2 Å². The topological polar surface area (TPSA) is 118 Å². The van der Waals surface area contributed by atoms with Crippen LogP contribution in [0.5, 0.6) is 0 Å². The molecule has 0 fully saturated rings. The minimum atomic E-state index is -3.75. The Morgan fingerprint density at radius 3 is 2.37 bits per heavy atom. The lowest BCUT2D eigenvalue weighted by Crippen LogP contribution is -2.33. The molecule has 0 saturated heterocycles. The normalized spacial score (nSPS) is 11.1. The summed E-state index contributed by atoms with van der Waals surface area (Å²) in [4.78, 5) is 23.9. The van der Waals surface area contributed by atoms with Crippen LogP contribution < -0.4 is 15.4 Å². The third-order valence-electron chi connectivity index (χ3n) is 3.99. The summed E-state index contributed by atoms with van der Waals surface area (Å²) in [6, 6.07) is 14.2. The van der Waals surface area contributed by atoms with Crippen molar-refractivity contribution < 1.29 is 26.8 Å². The molecule has 0 bridgehead atoms. The maximum atomic E-state index is 13.6. The van der Waals surface area contributed by atoms with Crippen LogP contribution in [0.4, 0.5) is 10.1 Å². The summed E-state index contributed by atoms with van der Waals surface area (Å²) in [5.74, 6) is -1.48. The monoisotopic (exact) mass is 431 g/mol. The lowest BCUT2D eigenvalue weighted by molar-refractivity contribution is -0.115. The zero-order valence-electron chi connectivity index (χ0n) is 15.6. The summed E-state index contributed by atoms with van der Waals surface area (Å²) in [7, 11) is -3.75. The van der Waals surface area contributed by atoms with E-state index in [4.69, 9.17) is 4.42 Å². The van der Waals surface area contributed by atoms with E-state index in [1.165, 1.54) is 48.7 Å². The largest absolute Gasteiger partial charge is 0.468 e. The van der Waals surface area contributed by atoms with Gasteiger partial charge in [-0.1, -0.05) is 12.1 Å². The molecule has 0 spiro atoms. The molecule has 0 unspecified atom stereocenters. The molecule has 3 N–H and O–H groups in total. The lowest BCUT2D eigenvalue weighted by Gasteiger charge is -2.09. The van der Waals surface area contributed by atoms with Crippen molar-refractivity contribution in [1.29, 1.82) is 0 Å². The van der Waals surface area contributed by atoms with E-state index < -0.39 is 27.7 Å². The number of hydrogen-bond donors (Lipinski definition) is 3. The van der Waals surface area contributed by atoms with Gasteiger partial charge in [-0.3, -0.25) is 9.59 Å². The molecular weight excluding hydrogens is 413 g/mol. The number of sulfonamides is 1. The van der Waals surface area contributed by atoms with Crippen molar-refractivity contribution in [2.45, 2.75) is 11.4 Å². The van der Waals surface area contributed by atoms with Crippen molar-refractivity contribution in [3.05, 3.63) is 84.1 Å². The van der Waals surface area contributed by atoms with Crippen LogP contribution in [-0.2, 0) is 21.4 Å². The molecule has 2 aromatic carbocycles. The molecular formula is C20H18FN3O5S. The van der Waals surface area contributed by atoms with Gasteiger partial charge in [0.1, 0.15) is 11.6 Å². The maximum Gasteiger partial charge on any atom is 0.254 e. The molecule has 0 aliphatic rings. The van der Waals surface area contributed by atoms with Crippen molar-refractivity contribution in [2.24, 2.45) is 0 Å². The average Bonchev–Trinajstić information content (AvgIpc) is 3.25. The van der Waals surface area contributed by atoms with Gasteiger partial charge in [0.15, 0.2) is 0 Å². The van der Waals surface area contributed by atoms with E-state index in [1.807, 2.05) is 0 Å². The van der Waals surface area contributed by atoms with Crippen molar-refractivity contribution in [2.75, 3.05) is 11.9 Å². The zero-order valence-corrected chi connectivity index (χ0v) is 16.4. The van der Waals surface area contributed by atoms with Gasteiger partial charge in [0, 0.05) is 5.69 Å². The number of furan rings is 1. The molecule has 30 heavy (non-hydrogen) atoms. The number of halogens is 1. The van der Waals surface area contributed by atoms with E-state index in [-0.39, 0.29) is 23.5 Å². The Morgan fingerprint density at radius 1 is 0.967 bits per heavy atom. The molecule has 2 amide bonds. The highest BCUT2D eigenvalue weighted by atomic mass is 32.2. The van der Waals surface area contributed by atoms with E-state index in [9.17, 15) is 22.4 Å². The number of anilines is 1. The van der Waals surface area contributed by atoms with Gasteiger partial charge in [0.05, 0.1) is 29.8 Å². The summed E-state index contributed by atoms with van der Waals surface area (Å²) < 4.78 is 45.6. The van der Waals surface area contributed by atoms with Crippen LogP contribution in [0.2, 0.25) is 0 Å². The fourth-order valence-electron chi connectivity index (χ4n) is 2.49. The minimum Gasteiger partial charge on any atom is -0.468 e. The Balaban J connectivity index is 1.52. The van der Waals surface area contributed by atoms with Crippen LogP contribution in [0.3, 0.4) is 0 Å². The summed E-state index contributed by atoms with van der Waals surface area (Å²) in [5, 5.41) is 4.84. The second-order valence-corrected chi connectivity index (χ2v) is 7.91. The lowest BCUT2D eigenvalue weighted by atomic mass is 10.2. The quantitative estimate of drug-likeness (QED) is 0.506. The molecule has 3 aromatic rings. The molecule has 3 rings (SSSR count). The fraction of sp³-hybridized carbons (Fsp3) is 0.100. The van der Waals surface area contributed by atoms with Crippen LogP contribution in [0.1, 0.15) is 16.1 Å². The first-order valence-corrected chi connectivity index (χ1v) is 10.3.